The maximum Gasteiger partial charge on any atom is 0.313 e. The highest BCUT2D eigenvalue weighted by Crippen LogP contribution is 2.24. The summed E-state index contributed by atoms with van der Waals surface area (Å²) in [6, 6.07) is 4.38. The fourth-order valence-corrected chi connectivity index (χ4v) is 2.25. The largest absolute Gasteiger partial charge is 0.481 e. The second kappa shape index (κ2) is 5.40. The van der Waals surface area contributed by atoms with Gasteiger partial charge in [-0.05, 0) is 30.7 Å². The van der Waals surface area contributed by atoms with Gasteiger partial charge in [0, 0.05) is 12.6 Å². The van der Waals surface area contributed by atoms with Crippen molar-refractivity contribution in [3.05, 3.63) is 29.6 Å². The van der Waals surface area contributed by atoms with Gasteiger partial charge in [0.2, 0.25) is 0 Å². The molecule has 0 radical (unpaired) electrons. The average Bonchev–Trinajstić information content (AvgIpc) is 2.67. The van der Waals surface area contributed by atoms with E-state index in [2.05, 4.69) is 10.1 Å². The van der Waals surface area contributed by atoms with E-state index in [0.29, 0.717) is 11.0 Å². The van der Waals surface area contributed by atoms with Crippen LogP contribution >= 0.6 is 11.8 Å². The van der Waals surface area contributed by atoms with E-state index in [1.54, 1.807) is 20.0 Å². The standard InChI is InChI=1S/C12H12FN3O2S/c1-7-5-8(13)3-4-9(7)11-14-12(16(2)15-11)19-6-10(17)18/h3-5H,6H2,1-2H3,(H,17,18). The second-order valence-electron chi connectivity index (χ2n) is 3.98. The van der Waals surface area contributed by atoms with Crippen molar-refractivity contribution in [1.29, 1.82) is 0 Å². The number of rotatable bonds is 4. The van der Waals surface area contributed by atoms with Crippen molar-refractivity contribution >= 4 is 17.7 Å². The molecule has 2 rings (SSSR count). The number of thioether (sulfide) groups is 1. The summed E-state index contributed by atoms with van der Waals surface area (Å²) in [5.41, 5.74) is 1.47. The summed E-state index contributed by atoms with van der Waals surface area (Å²) in [5.74, 6) is -0.827. The van der Waals surface area contributed by atoms with E-state index in [1.165, 1.54) is 16.8 Å². The number of benzene rings is 1. The quantitative estimate of drug-likeness (QED) is 0.869. The zero-order chi connectivity index (χ0) is 14.0. The van der Waals surface area contributed by atoms with Crippen molar-refractivity contribution in [2.45, 2.75) is 12.1 Å². The minimum atomic E-state index is -0.910. The van der Waals surface area contributed by atoms with E-state index >= 15 is 0 Å². The molecule has 0 aliphatic carbocycles. The summed E-state index contributed by atoms with van der Waals surface area (Å²) in [7, 11) is 1.69. The molecule has 0 atom stereocenters. The summed E-state index contributed by atoms with van der Waals surface area (Å²) >= 11 is 1.10. The lowest BCUT2D eigenvalue weighted by molar-refractivity contribution is -0.133. The van der Waals surface area contributed by atoms with Crippen LogP contribution in [0.25, 0.3) is 11.4 Å². The third-order valence-electron chi connectivity index (χ3n) is 2.48. The molecule has 1 N–H and O–H groups in total. The Morgan fingerprint density at radius 1 is 1.53 bits per heavy atom. The van der Waals surface area contributed by atoms with Crippen molar-refractivity contribution in [2.75, 3.05) is 5.75 Å². The van der Waals surface area contributed by atoms with Gasteiger partial charge >= 0.3 is 5.97 Å². The molecule has 0 unspecified atom stereocenters. The molecule has 19 heavy (non-hydrogen) atoms. The van der Waals surface area contributed by atoms with Crippen LogP contribution in [-0.2, 0) is 11.8 Å². The smallest absolute Gasteiger partial charge is 0.313 e. The topological polar surface area (TPSA) is 68.0 Å². The Balaban J connectivity index is 2.31. The summed E-state index contributed by atoms with van der Waals surface area (Å²) in [6.45, 7) is 1.78. The molecule has 1 aromatic heterocycles. The Bertz CT molecular complexity index is 627. The number of hydrogen-bond acceptors (Lipinski definition) is 4. The van der Waals surface area contributed by atoms with Crippen LogP contribution in [0.5, 0.6) is 0 Å². The van der Waals surface area contributed by atoms with Gasteiger partial charge in [-0.2, -0.15) is 5.10 Å². The van der Waals surface area contributed by atoms with Crippen LogP contribution in [0.15, 0.2) is 23.4 Å². The Hall–Kier alpha value is -1.89. The average molecular weight is 281 g/mol. The highest BCUT2D eigenvalue weighted by Gasteiger charge is 2.13. The molecule has 0 fully saturated rings. The lowest BCUT2D eigenvalue weighted by Gasteiger charge is -2.00. The van der Waals surface area contributed by atoms with Crippen LogP contribution in [0.2, 0.25) is 0 Å². The van der Waals surface area contributed by atoms with Gasteiger partial charge in [-0.25, -0.2) is 14.1 Å². The van der Waals surface area contributed by atoms with Gasteiger partial charge in [-0.1, -0.05) is 11.8 Å². The molecule has 2 aromatic rings. The Labute approximate surface area is 113 Å². The highest BCUT2D eigenvalue weighted by molar-refractivity contribution is 7.99. The van der Waals surface area contributed by atoms with Gasteiger partial charge in [0.1, 0.15) is 5.82 Å². The van der Waals surface area contributed by atoms with Crippen molar-refractivity contribution in [3.63, 3.8) is 0 Å². The number of carbonyl (C=O) groups is 1. The second-order valence-corrected chi connectivity index (χ2v) is 4.93. The zero-order valence-electron chi connectivity index (χ0n) is 10.4. The molecular weight excluding hydrogens is 269 g/mol. The number of hydrogen-bond donors (Lipinski definition) is 1. The Morgan fingerprint density at radius 3 is 2.89 bits per heavy atom. The van der Waals surface area contributed by atoms with Gasteiger partial charge in [-0.3, -0.25) is 4.79 Å². The molecule has 0 aliphatic rings. The molecule has 0 aliphatic heterocycles. The van der Waals surface area contributed by atoms with Crippen molar-refractivity contribution in [1.82, 2.24) is 14.8 Å². The third-order valence-corrected chi connectivity index (χ3v) is 3.48. The number of halogens is 1. The van der Waals surface area contributed by atoms with Crippen LogP contribution in [0.1, 0.15) is 5.56 Å². The van der Waals surface area contributed by atoms with Crippen LogP contribution in [0.4, 0.5) is 4.39 Å². The Morgan fingerprint density at radius 2 is 2.26 bits per heavy atom. The molecule has 0 spiro atoms. The lowest BCUT2D eigenvalue weighted by Crippen LogP contribution is -2.00. The van der Waals surface area contributed by atoms with Gasteiger partial charge in [0.05, 0.1) is 5.75 Å². The molecule has 1 aromatic carbocycles. The molecule has 1 heterocycles. The van der Waals surface area contributed by atoms with Crippen molar-refractivity contribution in [2.24, 2.45) is 7.05 Å². The predicted molar refractivity (Wildman–Crippen MR) is 69.5 cm³/mol. The summed E-state index contributed by atoms with van der Waals surface area (Å²) in [4.78, 5) is 14.8. The maximum absolute atomic E-state index is 13.0. The summed E-state index contributed by atoms with van der Waals surface area (Å²) in [5, 5.41) is 13.4. The lowest BCUT2D eigenvalue weighted by atomic mass is 10.1. The number of nitrogens with zero attached hydrogens (tertiary/aromatic N) is 3. The van der Waals surface area contributed by atoms with E-state index in [-0.39, 0.29) is 11.6 Å². The molecule has 100 valence electrons. The molecular formula is C12H12FN3O2S. The van der Waals surface area contributed by atoms with E-state index in [1.807, 2.05) is 0 Å². The minimum Gasteiger partial charge on any atom is -0.481 e. The number of aromatic nitrogens is 3. The van der Waals surface area contributed by atoms with Gasteiger partial charge < -0.3 is 5.11 Å². The van der Waals surface area contributed by atoms with E-state index in [0.717, 1.165) is 22.9 Å². The number of aliphatic carboxylic acids is 1. The first-order valence-corrected chi connectivity index (χ1v) is 6.48. The van der Waals surface area contributed by atoms with Crippen molar-refractivity contribution in [3.8, 4) is 11.4 Å². The molecule has 0 saturated carbocycles. The molecule has 0 amide bonds. The molecule has 0 bridgehead atoms. The predicted octanol–water partition coefficient (Wildman–Crippen LogP) is 2.11. The number of aryl methyl sites for hydroxylation is 2. The van der Waals surface area contributed by atoms with Crippen molar-refractivity contribution < 1.29 is 14.3 Å². The van der Waals surface area contributed by atoms with E-state index in [4.69, 9.17) is 5.11 Å². The molecule has 5 nitrogen and oxygen atoms in total. The summed E-state index contributed by atoms with van der Waals surface area (Å²) in [6.07, 6.45) is 0. The fraction of sp³-hybridized carbons (Fsp3) is 0.250. The van der Waals surface area contributed by atoms with Gasteiger partial charge in [0.25, 0.3) is 0 Å². The highest BCUT2D eigenvalue weighted by atomic mass is 32.2. The van der Waals surface area contributed by atoms with Gasteiger partial charge in [0.15, 0.2) is 11.0 Å². The normalized spacial score (nSPS) is 10.7. The van der Waals surface area contributed by atoms with E-state index < -0.39 is 5.97 Å². The molecule has 7 heteroatoms. The van der Waals surface area contributed by atoms with Crippen LogP contribution in [0, 0.1) is 12.7 Å². The first-order valence-electron chi connectivity index (χ1n) is 5.49. The van der Waals surface area contributed by atoms with Gasteiger partial charge in [-0.15, -0.1) is 0 Å². The fourth-order valence-electron chi connectivity index (χ4n) is 1.61. The van der Waals surface area contributed by atoms with Crippen LogP contribution < -0.4 is 0 Å². The zero-order valence-corrected chi connectivity index (χ0v) is 11.2. The maximum atomic E-state index is 13.0. The number of carboxylic acids is 1. The van der Waals surface area contributed by atoms with E-state index in [9.17, 15) is 9.18 Å². The van der Waals surface area contributed by atoms with Crippen LogP contribution in [0.3, 0.4) is 0 Å². The SMILES string of the molecule is Cc1cc(F)ccc1-c1nc(SCC(=O)O)n(C)n1. The minimum absolute atomic E-state index is 0.0750. The summed E-state index contributed by atoms with van der Waals surface area (Å²) < 4.78 is 14.6. The first-order chi connectivity index (χ1) is 8.97. The number of carboxylic acid groups (broad SMARTS) is 1. The van der Waals surface area contributed by atoms with Crippen LogP contribution in [-0.4, -0.2) is 31.6 Å². The first kappa shape index (κ1) is 13.5. The third kappa shape index (κ3) is 3.11. The monoisotopic (exact) mass is 281 g/mol. The molecule has 0 saturated heterocycles. The Kier molecular flexibility index (Phi) is 3.84.